The third-order valence-corrected chi connectivity index (χ3v) is 4.09. The third kappa shape index (κ3) is 3.12. The lowest BCUT2D eigenvalue weighted by Gasteiger charge is -2.37. The Labute approximate surface area is 110 Å². The summed E-state index contributed by atoms with van der Waals surface area (Å²) in [5, 5.41) is 14.3. The van der Waals surface area contributed by atoms with E-state index >= 15 is 0 Å². The molecule has 2 N–H and O–H groups in total. The topological polar surface area (TPSA) is 32.3 Å². The number of aliphatic hydroxyl groups is 1. The maximum absolute atomic E-state index is 10.7. The molecule has 18 heavy (non-hydrogen) atoms. The summed E-state index contributed by atoms with van der Waals surface area (Å²) in [7, 11) is 0. The highest BCUT2D eigenvalue weighted by molar-refractivity contribution is 5.18. The fraction of sp³-hybridized carbons (Fsp3) is 0.625. The van der Waals surface area contributed by atoms with Gasteiger partial charge >= 0.3 is 0 Å². The minimum Gasteiger partial charge on any atom is -0.388 e. The van der Waals surface area contributed by atoms with Crippen LogP contribution in [0.3, 0.4) is 0 Å². The molecule has 0 amide bonds. The van der Waals surface area contributed by atoms with Crippen LogP contribution >= 0.6 is 0 Å². The van der Waals surface area contributed by atoms with Gasteiger partial charge in [-0.3, -0.25) is 0 Å². The molecule has 3 atom stereocenters. The van der Waals surface area contributed by atoms with Crippen molar-refractivity contribution in [2.45, 2.75) is 45.3 Å². The summed E-state index contributed by atoms with van der Waals surface area (Å²) < 4.78 is 0. The van der Waals surface area contributed by atoms with E-state index in [0.717, 1.165) is 12.1 Å². The van der Waals surface area contributed by atoms with Crippen LogP contribution in [0.1, 0.15) is 44.8 Å². The Bertz CT molecular complexity index is 343. The highest BCUT2D eigenvalue weighted by atomic mass is 16.3. The van der Waals surface area contributed by atoms with Crippen LogP contribution in [0.25, 0.3) is 0 Å². The minimum atomic E-state index is -0.359. The molecular formula is C16H25NO. The van der Waals surface area contributed by atoms with Crippen molar-refractivity contribution >= 4 is 0 Å². The van der Waals surface area contributed by atoms with E-state index < -0.39 is 0 Å². The van der Waals surface area contributed by atoms with Gasteiger partial charge in [-0.1, -0.05) is 50.6 Å². The molecule has 0 radical (unpaired) electrons. The van der Waals surface area contributed by atoms with Crippen molar-refractivity contribution in [2.24, 2.45) is 11.8 Å². The first kappa shape index (κ1) is 13.6. The van der Waals surface area contributed by atoms with Crippen molar-refractivity contribution in [3.8, 4) is 0 Å². The summed E-state index contributed by atoms with van der Waals surface area (Å²) in [6.07, 6.45) is 3.37. The first-order valence-corrected chi connectivity index (χ1v) is 7.16. The lowest BCUT2D eigenvalue weighted by atomic mass is 9.78. The van der Waals surface area contributed by atoms with Gasteiger partial charge in [0.1, 0.15) is 0 Å². The van der Waals surface area contributed by atoms with Gasteiger partial charge in [0.15, 0.2) is 0 Å². The second-order valence-corrected chi connectivity index (χ2v) is 5.73. The number of aliphatic hydroxyl groups excluding tert-OH is 1. The quantitative estimate of drug-likeness (QED) is 0.856. The molecule has 0 aromatic heterocycles. The summed E-state index contributed by atoms with van der Waals surface area (Å²) in [6.45, 7) is 5.52. The Morgan fingerprint density at radius 1 is 1.17 bits per heavy atom. The summed E-state index contributed by atoms with van der Waals surface area (Å²) in [5.74, 6) is 0.781. The van der Waals surface area contributed by atoms with Crippen LogP contribution in [0, 0.1) is 11.8 Å². The molecule has 2 heteroatoms. The molecule has 3 unspecified atom stereocenters. The van der Waals surface area contributed by atoms with Crippen molar-refractivity contribution in [1.29, 1.82) is 0 Å². The number of hydrogen-bond donors (Lipinski definition) is 2. The molecule has 1 heterocycles. The Kier molecular flexibility index (Phi) is 4.79. The van der Waals surface area contributed by atoms with Crippen molar-refractivity contribution in [3.63, 3.8) is 0 Å². The van der Waals surface area contributed by atoms with Gasteiger partial charge in [0.25, 0.3) is 0 Å². The van der Waals surface area contributed by atoms with E-state index in [-0.39, 0.29) is 6.10 Å². The summed E-state index contributed by atoms with van der Waals surface area (Å²) in [4.78, 5) is 0. The van der Waals surface area contributed by atoms with E-state index in [1.54, 1.807) is 0 Å². The average Bonchev–Trinajstić information content (AvgIpc) is 2.40. The van der Waals surface area contributed by atoms with Gasteiger partial charge < -0.3 is 10.4 Å². The molecule has 1 aliphatic rings. The zero-order chi connectivity index (χ0) is 13.0. The smallest absolute Gasteiger partial charge is 0.0835 e. The molecule has 0 aliphatic carbocycles. The molecule has 0 saturated carbocycles. The molecule has 100 valence electrons. The standard InChI is InChI=1S/C16H25NO/c1-12(2)15(14-10-6-7-11-17-14)16(18)13-8-4-3-5-9-13/h3-5,8-9,12,14-18H,6-7,10-11H2,1-2H3. The zero-order valence-electron chi connectivity index (χ0n) is 11.5. The van der Waals surface area contributed by atoms with Crippen molar-refractivity contribution in [2.75, 3.05) is 6.54 Å². The van der Waals surface area contributed by atoms with E-state index in [1.807, 2.05) is 30.3 Å². The number of hydrogen-bond acceptors (Lipinski definition) is 2. The predicted molar refractivity (Wildman–Crippen MR) is 75.4 cm³/mol. The third-order valence-electron chi connectivity index (χ3n) is 4.09. The second-order valence-electron chi connectivity index (χ2n) is 5.73. The monoisotopic (exact) mass is 247 g/mol. The van der Waals surface area contributed by atoms with Gasteiger partial charge in [0.2, 0.25) is 0 Å². The van der Waals surface area contributed by atoms with Crippen LogP contribution in [0.4, 0.5) is 0 Å². The van der Waals surface area contributed by atoms with Crippen molar-refractivity contribution < 1.29 is 5.11 Å². The summed E-state index contributed by atoms with van der Waals surface area (Å²) in [5.41, 5.74) is 1.04. The zero-order valence-corrected chi connectivity index (χ0v) is 11.5. The van der Waals surface area contributed by atoms with E-state index in [9.17, 15) is 5.11 Å². The molecule has 1 saturated heterocycles. The van der Waals surface area contributed by atoms with Gasteiger partial charge in [-0.25, -0.2) is 0 Å². The van der Waals surface area contributed by atoms with Gasteiger partial charge in [-0.15, -0.1) is 0 Å². The molecule has 2 rings (SSSR count). The lowest BCUT2D eigenvalue weighted by molar-refractivity contribution is 0.0482. The van der Waals surface area contributed by atoms with Crippen LogP contribution in [-0.2, 0) is 0 Å². The maximum atomic E-state index is 10.7. The number of rotatable bonds is 4. The lowest BCUT2D eigenvalue weighted by Crippen LogP contribution is -2.44. The fourth-order valence-electron chi connectivity index (χ4n) is 3.13. The molecule has 2 nitrogen and oxygen atoms in total. The van der Waals surface area contributed by atoms with Gasteiger partial charge in [0.05, 0.1) is 6.10 Å². The number of piperidine rings is 1. The second kappa shape index (κ2) is 6.35. The Morgan fingerprint density at radius 2 is 1.89 bits per heavy atom. The van der Waals surface area contributed by atoms with Crippen molar-refractivity contribution in [3.05, 3.63) is 35.9 Å². The molecule has 0 bridgehead atoms. The van der Waals surface area contributed by atoms with Gasteiger partial charge in [-0.2, -0.15) is 0 Å². The molecular weight excluding hydrogens is 222 g/mol. The van der Waals surface area contributed by atoms with Crippen LogP contribution in [0.15, 0.2) is 30.3 Å². The van der Waals surface area contributed by atoms with E-state index in [0.29, 0.717) is 17.9 Å². The molecule has 1 aromatic carbocycles. The molecule has 1 aromatic rings. The predicted octanol–water partition coefficient (Wildman–Crippen LogP) is 3.13. The van der Waals surface area contributed by atoms with Crippen LogP contribution < -0.4 is 5.32 Å². The minimum absolute atomic E-state index is 0.299. The normalized spacial score (nSPS) is 23.9. The Hall–Kier alpha value is -0.860. The Morgan fingerprint density at radius 3 is 2.44 bits per heavy atom. The SMILES string of the molecule is CC(C)C(C1CCCCN1)C(O)c1ccccc1. The molecule has 1 fully saturated rings. The summed E-state index contributed by atoms with van der Waals surface area (Å²) in [6, 6.07) is 10.5. The van der Waals surface area contributed by atoms with Crippen LogP contribution in [0.5, 0.6) is 0 Å². The fourth-order valence-corrected chi connectivity index (χ4v) is 3.13. The largest absolute Gasteiger partial charge is 0.388 e. The average molecular weight is 247 g/mol. The van der Waals surface area contributed by atoms with Crippen LogP contribution in [-0.4, -0.2) is 17.7 Å². The highest BCUT2D eigenvalue weighted by Crippen LogP contribution is 2.33. The van der Waals surface area contributed by atoms with Crippen LogP contribution in [0.2, 0.25) is 0 Å². The van der Waals surface area contributed by atoms with Gasteiger partial charge in [-0.05, 0) is 30.9 Å². The molecule has 1 aliphatic heterocycles. The van der Waals surface area contributed by atoms with Crippen molar-refractivity contribution in [1.82, 2.24) is 5.32 Å². The first-order valence-electron chi connectivity index (χ1n) is 7.16. The van der Waals surface area contributed by atoms with Gasteiger partial charge in [0, 0.05) is 12.0 Å². The first-order chi connectivity index (χ1) is 8.70. The van der Waals surface area contributed by atoms with E-state index in [2.05, 4.69) is 19.2 Å². The van der Waals surface area contributed by atoms with E-state index in [4.69, 9.17) is 0 Å². The number of nitrogens with one attached hydrogen (secondary N) is 1. The maximum Gasteiger partial charge on any atom is 0.0835 e. The Balaban J connectivity index is 2.14. The van der Waals surface area contributed by atoms with E-state index in [1.165, 1.54) is 19.3 Å². The summed E-state index contributed by atoms with van der Waals surface area (Å²) >= 11 is 0. The number of benzene rings is 1. The highest BCUT2D eigenvalue weighted by Gasteiger charge is 2.32. The molecule has 0 spiro atoms.